The largest absolute Gasteiger partial charge is 0.462 e. The maximum atomic E-state index is 11.8. The van der Waals surface area contributed by atoms with Crippen LogP contribution in [0.1, 0.15) is 55.8 Å². The second-order valence-corrected chi connectivity index (χ2v) is 7.85. The van der Waals surface area contributed by atoms with E-state index in [4.69, 9.17) is 10.5 Å². The maximum absolute atomic E-state index is 11.8. The zero-order valence-electron chi connectivity index (χ0n) is 13.8. The predicted molar refractivity (Wildman–Crippen MR) is 91.3 cm³/mol. The van der Waals surface area contributed by atoms with E-state index < -0.39 is 0 Å². The summed E-state index contributed by atoms with van der Waals surface area (Å²) >= 11 is 0. The molecule has 0 atom stereocenters. The van der Waals surface area contributed by atoms with Gasteiger partial charge in [-0.15, -0.1) is 0 Å². The lowest BCUT2D eigenvalue weighted by atomic mass is 9.53. The molecule has 0 heterocycles. The van der Waals surface area contributed by atoms with Crippen LogP contribution in [0.4, 0.5) is 11.4 Å². The summed E-state index contributed by atoms with van der Waals surface area (Å²) in [4.78, 5) is 11.8. The highest BCUT2D eigenvalue weighted by Crippen LogP contribution is 2.56. The van der Waals surface area contributed by atoms with Crippen molar-refractivity contribution < 1.29 is 9.53 Å². The minimum Gasteiger partial charge on any atom is -0.462 e. The quantitative estimate of drug-likeness (QED) is 0.655. The van der Waals surface area contributed by atoms with Crippen molar-refractivity contribution >= 4 is 17.3 Å². The van der Waals surface area contributed by atoms with Crippen LogP contribution < -0.4 is 11.1 Å². The molecule has 1 aromatic carbocycles. The molecule has 4 aliphatic carbocycles. The molecule has 4 fully saturated rings. The molecule has 4 heteroatoms. The molecule has 4 saturated carbocycles. The van der Waals surface area contributed by atoms with Gasteiger partial charge >= 0.3 is 5.97 Å². The number of esters is 1. The van der Waals surface area contributed by atoms with E-state index in [2.05, 4.69) is 5.32 Å². The van der Waals surface area contributed by atoms with Crippen LogP contribution in [0, 0.1) is 17.8 Å². The van der Waals surface area contributed by atoms with Crippen LogP contribution in [0.3, 0.4) is 0 Å². The highest BCUT2D eigenvalue weighted by molar-refractivity contribution is 5.92. The predicted octanol–water partition coefficient (Wildman–Crippen LogP) is 3.83. The summed E-state index contributed by atoms with van der Waals surface area (Å²) in [7, 11) is 0. The topological polar surface area (TPSA) is 64.3 Å². The summed E-state index contributed by atoms with van der Waals surface area (Å²) in [5.74, 6) is 2.39. The van der Waals surface area contributed by atoms with Crippen LogP contribution in [-0.4, -0.2) is 18.1 Å². The molecule has 3 N–H and O–H groups in total. The van der Waals surface area contributed by atoms with Crippen molar-refractivity contribution in [1.29, 1.82) is 0 Å². The van der Waals surface area contributed by atoms with Gasteiger partial charge in [-0.25, -0.2) is 4.79 Å². The highest BCUT2D eigenvalue weighted by Gasteiger charge is 2.50. The Hall–Kier alpha value is -1.71. The SMILES string of the molecule is CCOC(=O)c1ccc(NC23CC4CC(CC(C4)C2)C3)c(N)c1. The first-order valence-electron chi connectivity index (χ1n) is 8.92. The van der Waals surface area contributed by atoms with Gasteiger partial charge in [0.25, 0.3) is 0 Å². The molecule has 124 valence electrons. The lowest BCUT2D eigenvalue weighted by Crippen LogP contribution is -2.54. The zero-order valence-corrected chi connectivity index (χ0v) is 13.8. The number of nitrogens with two attached hydrogens (primary N) is 1. The Morgan fingerprint density at radius 3 is 2.35 bits per heavy atom. The van der Waals surface area contributed by atoms with Gasteiger partial charge in [0.05, 0.1) is 23.5 Å². The molecule has 0 radical (unpaired) electrons. The van der Waals surface area contributed by atoms with Crippen molar-refractivity contribution in [3.8, 4) is 0 Å². The smallest absolute Gasteiger partial charge is 0.338 e. The van der Waals surface area contributed by atoms with Crippen LogP contribution in [0.15, 0.2) is 18.2 Å². The van der Waals surface area contributed by atoms with Crippen molar-refractivity contribution in [1.82, 2.24) is 0 Å². The van der Waals surface area contributed by atoms with Gasteiger partial charge in [-0.2, -0.15) is 0 Å². The monoisotopic (exact) mass is 314 g/mol. The molecule has 0 aromatic heterocycles. The van der Waals surface area contributed by atoms with Crippen LogP contribution in [0.2, 0.25) is 0 Å². The molecule has 4 bridgehead atoms. The fraction of sp³-hybridized carbons (Fsp3) is 0.632. The first-order chi connectivity index (χ1) is 11.1. The minimum absolute atomic E-state index is 0.230. The number of nitrogens with one attached hydrogen (secondary N) is 1. The number of rotatable bonds is 4. The Morgan fingerprint density at radius 2 is 1.83 bits per heavy atom. The Bertz CT molecular complexity index is 591. The molecule has 0 saturated heterocycles. The third kappa shape index (κ3) is 2.68. The Morgan fingerprint density at radius 1 is 1.22 bits per heavy atom. The van der Waals surface area contributed by atoms with Crippen LogP contribution in [-0.2, 0) is 4.74 Å². The summed E-state index contributed by atoms with van der Waals surface area (Å²) in [6.07, 6.45) is 8.11. The number of benzene rings is 1. The second kappa shape index (κ2) is 5.43. The van der Waals surface area contributed by atoms with Crippen molar-refractivity contribution in [2.45, 2.75) is 51.0 Å². The fourth-order valence-corrected chi connectivity index (χ4v) is 5.57. The van der Waals surface area contributed by atoms with Gasteiger partial charge in [-0.05, 0) is 81.4 Å². The molecule has 4 nitrogen and oxygen atoms in total. The Balaban J connectivity index is 1.54. The first kappa shape index (κ1) is 14.9. The number of hydrogen-bond donors (Lipinski definition) is 2. The molecule has 5 rings (SSSR count). The molecular weight excluding hydrogens is 288 g/mol. The molecule has 0 unspecified atom stereocenters. The van der Waals surface area contributed by atoms with Gasteiger partial charge < -0.3 is 15.8 Å². The van der Waals surface area contributed by atoms with E-state index in [1.54, 1.807) is 6.07 Å². The van der Waals surface area contributed by atoms with Crippen molar-refractivity contribution in [2.24, 2.45) is 17.8 Å². The average Bonchev–Trinajstić information content (AvgIpc) is 2.48. The van der Waals surface area contributed by atoms with Gasteiger partial charge in [-0.3, -0.25) is 0 Å². The molecular formula is C19H26N2O2. The zero-order chi connectivity index (χ0) is 16.0. The Labute approximate surface area is 137 Å². The lowest BCUT2D eigenvalue weighted by molar-refractivity contribution is 0.0107. The summed E-state index contributed by atoms with van der Waals surface area (Å²) < 4.78 is 5.04. The summed E-state index contributed by atoms with van der Waals surface area (Å²) in [6.45, 7) is 2.19. The van der Waals surface area contributed by atoms with E-state index in [1.807, 2.05) is 19.1 Å². The number of nitrogen functional groups attached to an aromatic ring is 1. The van der Waals surface area contributed by atoms with Crippen LogP contribution >= 0.6 is 0 Å². The van der Waals surface area contributed by atoms with Gasteiger partial charge in [0.1, 0.15) is 0 Å². The molecule has 23 heavy (non-hydrogen) atoms. The van der Waals surface area contributed by atoms with E-state index >= 15 is 0 Å². The van der Waals surface area contributed by atoms with Crippen molar-refractivity contribution in [3.63, 3.8) is 0 Å². The lowest BCUT2D eigenvalue weighted by Gasteiger charge is -2.57. The van der Waals surface area contributed by atoms with Gasteiger partial charge in [0, 0.05) is 5.54 Å². The number of ether oxygens (including phenoxy) is 1. The normalized spacial score (nSPS) is 34.4. The van der Waals surface area contributed by atoms with Crippen molar-refractivity contribution in [3.05, 3.63) is 23.8 Å². The van der Waals surface area contributed by atoms with E-state index in [0.29, 0.717) is 17.9 Å². The van der Waals surface area contributed by atoms with Crippen LogP contribution in [0.25, 0.3) is 0 Å². The van der Waals surface area contributed by atoms with Crippen molar-refractivity contribution in [2.75, 3.05) is 17.7 Å². The maximum Gasteiger partial charge on any atom is 0.338 e. The molecule has 1 aromatic rings. The van der Waals surface area contributed by atoms with Gasteiger partial charge in [-0.1, -0.05) is 0 Å². The molecule has 0 amide bonds. The minimum atomic E-state index is -0.305. The van der Waals surface area contributed by atoms with E-state index in [1.165, 1.54) is 38.5 Å². The average molecular weight is 314 g/mol. The Kier molecular flexibility index (Phi) is 3.51. The first-order valence-corrected chi connectivity index (χ1v) is 8.92. The molecule has 0 aliphatic heterocycles. The number of carbonyl (C=O) groups is 1. The standard InChI is InChI=1S/C19H26N2O2/c1-2-23-18(22)15-3-4-17(16(20)8-15)21-19-9-12-5-13(10-19)7-14(6-12)11-19/h3-4,8,12-14,21H,2,5-7,9-11,20H2,1H3. The third-order valence-corrected chi connectivity index (χ3v) is 6.00. The highest BCUT2D eigenvalue weighted by atomic mass is 16.5. The van der Waals surface area contributed by atoms with E-state index in [9.17, 15) is 4.79 Å². The molecule has 4 aliphatic rings. The molecule has 0 spiro atoms. The summed E-state index contributed by atoms with van der Waals surface area (Å²) in [6, 6.07) is 5.50. The van der Waals surface area contributed by atoms with Gasteiger partial charge in [0.2, 0.25) is 0 Å². The summed E-state index contributed by atoms with van der Waals surface area (Å²) in [5, 5.41) is 3.78. The second-order valence-electron chi connectivity index (χ2n) is 7.85. The number of hydrogen-bond acceptors (Lipinski definition) is 4. The van der Waals surface area contributed by atoms with Crippen LogP contribution in [0.5, 0.6) is 0 Å². The number of carbonyl (C=O) groups excluding carboxylic acids is 1. The van der Waals surface area contributed by atoms with E-state index in [-0.39, 0.29) is 11.5 Å². The third-order valence-electron chi connectivity index (χ3n) is 6.00. The fourth-order valence-electron chi connectivity index (χ4n) is 5.57. The van der Waals surface area contributed by atoms with E-state index in [0.717, 1.165) is 23.4 Å². The summed E-state index contributed by atoms with van der Waals surface area (Å²) in [5.41, 5.74) is 8.59. The number of anilines is 2. The van der Waals surface area contributed by atoms with Gasteiger partial charge in [0.15, 0.2) is 0 Å².